The largest absolute Gasteiger partial charge is 0.416 e. The van der Waals surface area contributed by atoms with E-state index in [2.05, 4.69) is 10.3 Å². The van der Waals surface area contributed by atoms with Gasteiger partial charge in [0.1, 0.15) is 10.0 Å². The lowest BCUT2D eigenvalue weighted by Gasteiger charge is -2.25. The van der Waals surface area contributed by atoms with E-state index in [0.717, 1.165) is 29.7 Å². The van der Waals surface area contributed by atoms with E-state index in [4.69, 9.17) is 4.74 Å². The summed E-state index contributed by atoms with van der Waals surface area (Å²) in [5.74, 6) is 0.0748. The number of morpholine rings is 1. The van der Waals surface area contributed by atoms with Crippen LogP contribution in [0.4, 0.5) is 19.0 Å². The Hall–Kier alpha value is -1.69. The van der Waals surface area contributed by atoms with Crippen LogP contribution in [0.3, 0.4) is 0 Å². The number of thiophene rings is 1. The molecule has 0 aliphatic carbocycles. The van der Waals surface area contributed by atoms with Crippen LogP contribution < -0.4 is 5.32 Å². The van der Waals surface area contributed by atoms with Crippen LogP contribution in [0.2, 0.25) is 0 Å². The summed E-state index contributed by atoms with van der Waals surface area (Å²) in [7, 11) is -3.57. The fraction of sp³-hybridized carbons (Fsp3) is 0.400. The SMILES string of the molecule is O=S(=O)(c1ccc(CNc2cc(C(F)(F)F)ccn2)s1)N1CCOCC1. The Kier molecular flexibility index (Phi) is 5.51. The number of alkyl halides is 3. The van der Waals surface area contributed by atoms with E-state index in [9.17, 15) is 21.6 Å². The van der Waals surface area contributed by atoms with Gasteiger partial charge in [-0.2, -0.15) is 17.5 Å². The van der Waals surface area contributed by atoms with Gasteiger partial charge in [-0.25, -0.2) is 13.4 Å². The first-order valence-electron chi connectivity index (χ1n) is 7.70. The van der Waals surface area contributed by atoms with Crippen LogP contribution in [0.25, 0.3) is 0 Å². The number of ether oxygens (including phenoxy) is 1. The number of aromatic nitrogens is 1. The molecule has 2 aromatic heterocycles. The summed E-state index contributed by atoms with van der Waals surface area (Å²) in [5.41, 5.74) is -0.795. The van der Waals surface area contributed by atoms with Crippen LogP contribution in [-0.2, 0) is 27.5 Å². The number of hydrogen-bond acceptors (Lipinski definition) is 6. The molecule has 1 N–H and O–H groups in total. The maximum absolute atomic E-state index is 12.7. The molecular formula is C15H16F3N3O3S2. The highest BCUT2D eigenvalue weighted by Crippen LogP contribution is 2.30. The first-order chi connectivity index (χ1) is 12.3. The Morgan fingerprint density at radius 1 is 1.23 bits per heavy atom. The van der Waals surface area contributed by atoms with E-state index in [0.29, 0.717) is 31.2 Å². The van der Waals surface area contributed by atoms with Gasteiger partial charge in [0, 0.05) is 24.2 Å². The highest BCUT2D eigenvalue weighted by Gasteiger charge is 2.31. The number of rotatable bonds is 5. The van der Waals surface area contributed by atoms with Gasteiger partial charge in [0.15, 0.2) is 0 Å². The summed E-state index contributed by atoms with van der Waals surface area (Å²) in [6.45, 7) is 1.52. The van der Waals surface area contributed by atoms with Crippen molar-refractivity contribution in [2.24, 2.45) is 0 Å². The Balaban J connectivity index is 1.67. The topological polar surface area (TPSA) is 71.5 Å². The molecule has 3 rings (SSSR count). The minimum absolute atomic E-state index is 0.0748. The average molecular weight is 407 g/mol. The second kappa shape index (κ2) is 7.51. The molecule has 0 radical (unpaired) electrons. The Labute approximate surface area is 152 Å². The third kappa shape index (κ3) is 4.34. The number of nitrogens with one attached hydrogen (secondary N) is 1. The molecule has 6 nitrogen and oxygen atoms in total. The molecule has 26 heavy (non-hydrogen) atoms. The Morgan fingerprint density at radius 2 is 1.96 bits per heavy atom. The molecule has 0 spiro atoms. The van der Waals surface area contributed by atoms with Crippen molar-refractivity contribution in [3.63, 3.8) is 0 Å². The smallest absolute Gasteiger partial charge is 0.379 e. The third-order valence-electron chi connectivity index (χ3n) is 3.73. The van der Waals surface area contributed by atoms with Crippen molar-refractivity contribution in [2.45, 2.75) is 16.9 Å². The number of hydrogen-bond donors (Lipinski definition) is 1. The van der Waals surface area contributed by atoms with Gasteiger partial charge in [-0.3, -0.25) is 0 Å². The van der Waals surface area contributed by atoms with Crippen LogP contribution in [0, 0.1) is 0 Å². The number of halogens is 3. The Bertz CT molecular complexity index is 862. The van der Waals surface area contributed by atoms with E-state index in [-0.39, 0.29) is 16.6 Å². The number of pyridine rings is 1. The fourth-order valence-corrected chi connectivity index (χ4v) is 5.25. The molecule has 0 saturated carbocycles. The van der Waals surface area contributed by atoms with Gasteiger partial charge >= 0.3 is 6.18 Å². The fourth-order valence-electron chi connectivity index (χ4n) is 2.39. The van der Waals surface area contributed by atoms with Crippen LogP contribution in [0.5, 0.6) is 0 Å². The molecule has 1 fully saturated rings. The second-order valence-corrected chi connectivity index (χ2v) is 8.85. The average Bonchev–Trinajstić information content (AvgIpc) is 3.10. The van der Waals surface area contributed by atoms with Crippen molar-refractivity contribution < 1.29 is 26.3 Å². The minimum Gasteiger partial charge on any atom is -0.379 e. The summed E-state index contributed by atoms with van der Waals surface area (Å²) in [6.07, 6.45) is -3.37. The van der Waals surface area contributed by atoms with Gasteiger partial charge in [-0.05, 0) is 24.3 Å². The molecule has 1 saturated heterocycles. The first-order valence-corrected chi connectivity index (χ1v) is 9.96. The highest BCUT2D eigenvalue weighted by molar-refractivity contribution is 7.91. The Morgan fingerprint density at radius 3 is 2.65 bits per heavy atom. The lowest BCUT2D eigenvalue weighted by molar-refractivity contribution is -0.137. The maximum atomic E-state index is 12.7. The van der Waals surface area contributed by atoms with Gasteiger partial charge in [0.05, 0.1) is 25.3 Å². The van der Waals surface area contributed by atoms with E-state index >= 15 is 0 Å². The molecule has 0 bridgehead atoms. The monoisotopic (exact) mass is 407 g/mol. The van der Waals surface area contributed by atoms with E-state index in [1.807, 2.05) is 0 Å². The van der Waals surface area contributed by atoms with Crippen molar-refractivity contribution in [1.82, 2.24) is 9.29 Å². The summed E-state index contributed by atoms with van der Waals surface area (Å²) < 4.78 is 70.0. The second-order valence-electron chi connectivity index (χ2n) is 5.52. The molecule has 1 aliphatic rings. The summed E-state index contributed by atoms with van der Waals surface area (Å²) in [5, 5.41) is 2.79. The molecule has 0 aromatic carbocycles. The van der Waals surface area contributed by atoms with Crippen LogP contribution in [-0.4, -0.2) is 44.0 Å². The van der Waals surface area contributed by atoms with Gasteiger partial charge in [0.25, 0.3) is 10.0 Å². The zero-order chi connectivity index (χ0) is 18.8. The van der Waals surface area contributed by atoms with Crippen molar-refractivity contribution >= 4 is 27.2 Å². The number of sulfonamides is 1. The van der Waals surface area contributed by atoms with Crippen LogP contribution in [0.15, 0.2) is 34.7 Å². The molecule has 1 aliphatic heterocycles. The van der Waals surface area contributed by atoms with Crippen molar-refractivity contribution in [1.29, 1.82) is 0 Å². The predicted molar refractivity (Wildman–Crippen MR) is 90.5 cm³/mol. The van der Waals surface area contributed by atoms with Gasteiger partial charge in [-0.1, -0.05) is 0 Å². The summed E-state index contributed by atoms with van der Waals surface area (Å²) >= 11 is 1.08. The first kappa shape index (κ1) is 19.1. The molecule has 142 valence electrons. The molecular weight excluding hydrogens is 391 g/mol. The predicted octanol–water partition coefficient (Wildman–Crippen LogP) is 2.79. The third-order valence-corrected chi connectivity index (χ3v) is 7.18. The van der Waals surface area contributed by atoms with Crippen molar-refractivity contribution in [3.05, 3.63) is 40.9 Å². The molecule has 11 heteroatoms. The maximum Gasteiger partial charge on any atom is 0.416 e. The van der Waals surface area contributed by atoms with E-state index < -0.39 is 21.8 Å². The standard InChI is InChI=1S/C15H16F3N3O3S2/c16-15(17,18)11-3-4-19-13(9-11)20-10-12-1-2-14(25-12)26(22,23)21-5-7-24-8-6-21/h1-4,9H,5-8,10H2,(H,19,20). The number of anilines is 1. The van der Waals surface area contributed by atoms with Crippen molar-refractivity contribution in [3.8, 4) is 0 Å². The zero-order valence-electron chi connectivity index (χ0n) is 13.5. The number of nitrogens with zero attached hydrogens (tertiary/aromatic N) is 2. The molecule has 0 atom stereocenters. The molecule has 3 heterocycles. The normalized spacial score (nSPS) is 16.6. The van der Waals surface area contributed by atoms with Gasteiger partial charge in [0.2, 0.25) is 0 Å². The zero-order valence-corrected chi connectivity index (χ0v) is 15.1. The quantitative estimate of drug-likeness (QED) is 0.825. The highest BCUT2D eigenvalue weighted by atomic mass is 32.2. The van der Waals surface area contributed by atoms with E-state index in [1.54, 1.807) is 6.07 Å². The van der Waals surface area contributed by atoms with Crippen LogP contribution >= 0.6 is 11.3 Å². The molecule has 2 aromatic rings. The van der Waals surface area contributed by atoms with Crippen LogP contribution in [0.1, 0.15) is 10.4 Å². The molecule has 0 unspecified atom stereocenters. The van der Waals surface area contributed by atoms with Gasteiger partial charge in [-0.15, -0.1) is 11.3 Å². The lowest BCUT2D eigenvalue weighted by atomic mass is 10.2. The summed E-state index contributed by atoms with van der Waals surface area (Å²) in [4.78, 5) is 4.53. The van der Waals surface area contributed by atoms with Crippen molar-refractivity contribution in [2.75, 3.05) is 31.6 Å². The van der Waals surface area contributed by atoms with E-state index in [1.165, 1.54) is 10.4 Å². The summed E-state index contributed by atoms with van der Waals surface area (Å²) in [6, 6.07) is 4.95. The minimum atomic E-state index is -4.44. The van der Waals surface area contributed by atoms with Gasteiger partial charge < -0.3 is 10.1 Å². The lowest BCUT2D eigenvalue weighted by Crippen LogP contribution is -2.40. The molecule has 0 amide bonds.